The standard InChI is InChI=1S/C15H12N4O3S/c16-23(21,22)8-5-6-10-9(7-8)13(15(20)19-10)14-17-11-3-1-2-4-12(11)18-14/h1-7,19-20H,(H,17,18)(H2,16,21,22). The molecule has 0 atom stereocenters. The second kappa shape index (κ2) is 4.58. The van der Waals surface area contributed by atoms with Gasteiger partial charge in [-0.3, -0.25) is 0 Å². The van der Waals surface area contributed by atoms with Gasteiger partial charge >= 0.3 is 0 Å². The van der Waals surface area contributed by atoms with Crippen LogP contribution in [0.5, 0.6) is 5.88 Å². The van der Waals surface area contributed by atoms with Crippen LogP contribution in [0, 0.1) is 0 Å². The first-order valence-corrected chi connectivity index (χ1v) is 8.31. The van der Waals surface area contributed by atoms with Crippen molar-refractivity contribution in [3.05, 3.63) is 42.5 Å². The van der Waals surface area contributed by atoms with Gasteiger partial charge in [-0.1, -0.05) is 12.1 Å². The second-order valence-electron chi connectivity index (χ2n) is 5.20. The number of hydrogen-bond acceptors (Lipinski definition) is 4. The molecule has 8 heteroatoms. The number of aromatic amines is 2. The average Bonchev–Trinajstić information content (AvgIpc) is 3.04. The summed E-state index contributed by atoms with van der Waals surface area (Å²) in [5.41, 5.74) is 2.56. The van der Waals surface area contributed by atoms with Gasteiger partial charge in [0.15, 0.2) is 0 Å². The summed E-state index contributed by atoms with van der Waals surface area (Å²) < 4.78 is 23.1. The van der Waals surface area contributed by atoms with Crippen molar-refractivity contribution in [1.82, 2.24) is 15.0 Å². The zero-order valence-electron chi connectivity index (χ0n) is 11.7. The van der Waals surface area contributed by atoms with Crippen molar-refractivity contribution in [2.24, 2.45) is 5.14 Å². The number of primary sulfonamides is 1. The van der Waals surface area contributed by atoms with Crippen LogP contribution >= 0.6 is 0 Å². The van der Waals surface area contributed by atoms with Gasteiger partial charge in [-0.2, -0.15) is 0 Å². The van der Waals surface area contributed by atoms with E-state index in [-0.39, 0.29) is 10.8 Å². The molecule has 0 radical (unpaired) electrons. The number of nitrogens with two attached hydrogens (primary N) is 1. The lowest BCUT2D eigenvalue weighted by atomic mass is 10.1. The van der Waals surface area contributed by atoms with Crippen LogP contribution in [0.1, 0.15) is 0 Å². The number of hydrogen-bond donors (Lipinski definition) is 4. The van der Waals surface area contributed by atoms with Crippen LogP contribution in [0.15, 0.2) is 47.4 Å². The van der Waals surface area contributed by atoms with Crippen molar-refractivity contribution in [3.8, 4) is 17.3 Å². The zero-order valence-corrected chi connectivity index (χ0v) is 12.6. The quantitative estimate of drug-likeness (QED) is 0.449. The topological polar surface area (TPSA) is 125 Å². The number of para-hydroxylation sites is 2. The van der Waals surface area contributed by atoms with E-state index < -0.39 is 10.0 Å². The Morgan fingerprint density at radius 1 is 1.04 bits per heavy atom. The van der Waals surface area contributed by atoms with Crippen molar-refractivity contribution < 1.29 is 13.5 Å². The average molecular weight is 328 g/mol. The Labute approximate surface area is 130 Å². The lowest BCUT2D eigenvalue weighted by Gasteiger charge is -1.99. The van der Waals surface area contributed by atoms with Gasteiger partial charge in [-0.05, 0) is 30.3 Å². The Morgan fingerprint density at radius 2 is 1.83 bits per heavy atom. The molecule has 5 N–H and O–H groups in total. The third-order valence-electron chi connectivity index (χ3n) is 3.70. The highest BCUT2D eigenvalue weighted by molar-refractivity contribution is 7.89. The van der Waals surface area contributed by atoms with Gasteiger partial charge in [0, 0.05) is 10.9 Å². The highest BCUT2D eigenvalue weighted by Crippen LogP contribution is 2.36. The number of H-pyrrole nitrogens is 2. The fourth-order valence-electron chi connectivity index (χ4n) is 2.64. The Bertz CT molecular complexity index is 1130. The number of imidazole rings is 1. The first kappa shape index (κ1) is 13.8. The van der Waals surface area contributed by atoms with Crippen molar-refractivity contribution in [2.75, 3.05) is 0 Å². The molecule has 4 rings (SSSR count). The van der Waals surface area contributed by atoms with E-state index in [0.29, 0.717) is 22.3 Å². The molecular formula is C15H12N4O3S. The predicted octanol–water partition coefficient (Wildman–Crippen LogP) is 2.06. The molecule has 0 amide bonds. The lowest BCUT2D eigenvalue weighted by Crippen LogP contribution is -2.11. The van der Waals surface area contributed by atoms with E-state index in [9.17, 15) is 13.5 Å². The van der Waals surface area contributed by atoms with Crippen molar-refractivity contribution >= 4 is 32.0 Å². The normalized spacial score (nSPS) is 12.2. The SMILES string of the molecule is NS(=O)(=O)c1ccc2[nH]c(O)c(-c3nc4ccccc4[nH]3)c2c1. The van der Waals surface area contributed by atoms with Crippen molar-refractivity contribution in [2.45, 2.75) is 4.90 Å². The summed E-state index contributed by atoms with van der Waals surface area (Å²) in [5.74, 6) is 0.354. The molecule has 2 heterocycles. The predicted molar refractivity (Wildman–Crippen MR) is 86.4 cm³/mol. The molecule has 0 bridgehead atoms. The van der Waals surface area contributed by atoms with E-state index >= 15 is 0 Å². The number of nitrogens with one attached hydrogen (secondary N) is 2. The van der Waals surface area contributed by atoms with Crippen LogP contribution < -0.4 is 5.14 Å². The number of aromatic hydroxyl groups is 1. The molecule has 23 heavy (non-hydrogen) atoms. The van der Waals surface area contributed by atoms with E-state index in [1.54, 1.807) is 6.07 Å². The Morgan fingerprint density at radius 3 is 2.57 bits per heavy atom. The van der Waals surface area contributed by atoms with Gasteiger partial charge in [0.05, 0.1) is 21.5 Å². The van der Waals surface area contributed by atoms with Crippen LogP contribution in [-0.2, 0) is 10.0 Å². The molecule has 0 unspecified atom stereocenters. The molecule has 7 nitrogen and oxygen atoms in total. The monoisotopic (exact) mass is 328 g/mol. The summed E-state index contributed by atoms with van der Waals surface area (Å²) in [6.07, 6.45) is 0. The van der Waals surface area contributed by atoms with Crippen molar-refractivity contribution in [3.63, 3.8) is 0 Å². The molecule has 4 aromatic rings. The van der Waals surface area contributed by atoms with Crippen LogP contribution in [0.2, 0.25) is 0 Å². The molecular weight excluding hydrogens is 316 g/mol. The zero-order chi connectivity index (χ0) is 16.2. The second-order valence-corrected chi connectivity index (χ2v) is 6.76. The number of rotatable bonds is 2. The van der Waals surface area contributed by atoms with E-state index in [0.717, 1.165) is 11.0 Å². The van der Waals surface area contributed by atoms with E-state index in [4.69, 9.17) is 5.14 Å². The first-order valence-electron chi connectivity index (χ1n) is 6.76. The first-order chi connectivity index (χ1) is 10.9. The smallest absolute Gasteiger partial charge is 0.238 e. The molecule has 2 aromatic heterocycles. The summed E-state index contributed by atoms with van der Waals surface area (Å²) in [7, 11) is -3.83. The summed E-state index contributed by atoms with van der Waals surface area (Å²) >= 11 is 0. The van der Waals surface area contributed by atoms with Crippen molar-refractivity contribution in [1.29, 1.82) is 0 Å². The highest BCUT2D eigenvalue weighted by Gasteiger charge is 2.18. The third kappa shape index (κ3) is 2.16. The molecule has 0 aliphatic carbocycles. The number of benzene rings is 2. The van der Waals surface area contributed by atoms with E-state index in [1.807, 2.05) is 24.3 Å². The molecule has 0 spiro atoms. The maximum Gasteiger partial charge on any atom is 0.238 e. The molecule has 0 aliphatic rings. The molecule has 116 valence electrons. The lowest BCUT2D eigenvalue weighted by molar-refractivity contribution is 0.460. The number of aromatic nitrogens is 3. The Kier molecular flexibility index (Phi) is 2.75. The number of fused-ring (bicyclic) bond motifs is 2. The van der Waals surface area contributed by atoms with E-state index in [1.165, 1.54) is 12.1 Å². The van der Waals surface area contributed by atoms with Gasteiger partial charge in [-0.15, -0.1) is 0 Å². The largest absolute Gasteiger partial charge is 0.494 e. The number of nitrogens with zero attached hydrogens (tertiary/aromatic N) is 1. The van der Waals surface area contributed by atoms with Gasteiger partial charge in [0.1, 0.15) is 5.82 Å². The van der Waals surface area contributed by atoms with Gasteiger partial charge < -0.3 is 15.1 Å². The summed E-state index contributed by atoms with van der Waals surface area (Å²) in [5, 5.41) is 15.9. The summed E-state index contributed by atoms with van der Waals surface area (Å²) in [6.45, 7) is 0. The molecule has 0 saturated carbocycles. The molecule has 0 saturated heterocycles. The Hall–Kier alpha value is -2.84. The van der Waals surface area contributed by atoms with E-state index in [2.05, 4.69) is 15.0 Å². The summed E-state index contributed by atoms with van der Waals surface area (Å²) in [4.78, 5) is 10.3. The number of sulfonamides is 1. The fourth-order valence-corrected chi connectivity index (χ4v) is 3.18. The maximum absolute atomic E-state index is 11.6. The minimum absolute atomic E-state index is 0.0265. The minimum Gasteiger partial charge on any atom is -0.494 e. The van der Waals surface area contributed by atoms with Gasteiger partial charge in [0.2, 0.25) is 15.9 Å². The van der Waals surface area contributed by atoms with Crippen LogP contribution in [0.25, 0.3) is 33.3 Å². The summed E-state index contributed by atoms with van der Waals surface area (Å²) in [6, 6.07) is 11.8. The van der Waals surface area contributed by atoms with Crippen LogP contribution in [-0.4, -0.2) is 28.5 Å². The van der Waals surface area contributed by atoms with Crippen LogP contribution in [0.4, 0.5) is 0 Å². The van der Waals surface area contributed by atoms with Gasteiger partial charge in [0.25, 0.3) is 0 Å². The van der Waals surface area contributed by atoms with Gasteiger partial charge in [-0.25, -0.2) is 18.5 Å². The maximum atomic E-state index is 11.6. The fraction of sp³-hybridized carbons (Fsp3) is 0. The molecule has 0 aliphatic heterocycles. The third-order valence-corrected chi connectivity index (χ3v) is 4.62. The Balaban J connectivity index is 2.03. The van der Waals surface area contributed by atoms with Crippen LogP contribution in [0.3, 0.4) is 0 Å². The molecule has 0 fully saturated rings. The minimum atomic E-state index is -3.83. The highest BCUT2D eigenvalue weighted by atomic mass is 32.2. The molecule has 2 aromatic carbocycles.